The Morgan fingerprint density at radius 1 is 1.26 bits per heavy atom. The first-order valence-corrected chi connectivity index (χ1v) is 11.0. The molecule has 0 aliphatic rings. The van der Waals surface area contributed by atoms with Gasteiger partial charge in [-0.15, -0.1) is 23.1 Å². The normalized spacial score (nSPS) is 10.9. The summed E-state index contributed by atoms with van der Waals surface area (Å²) in [6.07, 6.45) is 0. The van der Waals surface area contributed by atoms with Crippen molar-refractivity contribution in [1.82, 2.24) is 15.0 Å². The summed E-state index contributed by atoms with van der Waals surface area (Å²) in [5.41, 5.74) is 0.846. The van der Waals surface area contributed by atoms with Gasteiger partial charge in [-0.1, -0.05) is 40.5 Å². The second-order valence-corrected chi connectivity index (χ2v) is 8.34. The molecule has 0 spiro atoms. The molecule has 0 N–H and O–H groups in total. The molecular weight excluding hydrogens is 425 g/mol. The summed E-state index contributed by atoms with van der Waals surface area (Å²) < 4.78 is 5.29. The van der Waals surface area contributed by atoms with Gasteiger partial charge in [-0.25, -0.2) is 0 Å². The Morgan fingerprint density at radius 3 is 2.70 bits per heavy atom. The fourth-order valence-corrected chi connectivity index (χ4v) is 4.68. The number of amides is 1. The third-order valence-electron chi connectivity index (χ3n) is 3.80. The summed E-state index contributed by atoms with van der Waals surface area (Å²) >= 11 is 15.3. The fourth-order valence-electron chi connectivity index (χ4n) is 2.37. The molecule has 0 radical (unpaired) electrons. The van der Waals surface area contributed by atoms with Gasteiger partial charge in [-0.3, -0.25) is 4.79 Å². The average molecular weight is 442 g/mol. The van der Waals surface area contributed by atoms with E-state index in [4.69, 9.17) is 27.7 Å². The standard InChI is InChI=1S/C18H17Cl2N3O2S2/c1-2-23(9-16-21-18(22-25-16)15-7-4-8-27-15)17(24)11-26-10-12-13(19)5-3-6-14(12)20/h3-8H,2,9-11H2,1H3. The number of rotatable bonds is 8. The summed E-state index contributed by atoms with van der Waals surface area (Å²) in [7, 11) is 0. The predicted octanol–water partition coefficient (Wildman–Crippen LogP) is 5.39. The average Bonchev–Trinajstić information content (AvgIpc) is 3.33. The van der Waals surface area contributed by atoms with Gasteiger partial charge in [0, 0.05) is 22.3 Å². The van der Waals surface area contributed by atoms with Crippen LogP contribution in [0.15, 0.2) is 40.2 Å². The van der Waals surface area contributed by atoms with Crippen molar-refractivity contribution in [1.29, 1.82) is 0 Å². The van der Waals surface area contributed by atoms with Gasteiger partial charge in [-0.05, 0) is 36.1 Å². The third-order valence-corrected chi connectivity index (χ3v) is 6.32. The third kappa shape index (κ3) is 5.25. The summed E-state index contributed by atoms with van der Waals surface area (Å²) in [5, 5.41) is 7.16. The Kier molecular flexibility index (Phi) is 7.18. The number of hydrogen-bond donors (Lipinski definition) is 0. The molecule has 5 nitrogen and oxygen atoms in total. The Bertz CT molecular complexity index is 880. The van der Waals surface area contributed by atoms with Crippen LogP contribution in [0.25, 0.3) is 10.7 Å². The molecule has 0 aliphatic carbocycles. The van der Waals surface area contributed by atoms with E-state index in [1.165, 1.54) is 11.8 Å². The summed E-state index contributed by atoms with van der Waals surface area (Å²) in [6.45, 7) is 2.77. The zero-order valence-corrected chi connectivity index (χ0v) is 17.7. The number of thioether (sulfide) groups is 1. The van der Waals surface area contributed by atoms with Crippen molar-refractivity contribution in [3.8, 4) is 10.7 Å². The molecule has 0 saturated heterocycles. The highest BCUT2D eigenvalue weighted by molar-refractivity contribution is 7.99. The topological polar surface area (TPSA) is 59.2 Å². The number of halogens is 2. The lowest BCUT2D eigenvalue weighted by Gasteiger charge is -2.18. The van der Waals surface area contributed by atoms with Crippen LogP contribution in [0.2, 0.25) is 10.0 Å². The molecule has 27 heavy (non-hydrogen) atoms. The lowest BCUT2D eigenvalue weighted by molar-refractivity contribution is -0.129. The van der Waals surface area contributed by atoms with Crippen molar-refractivity contribution in [2.24, 2.45) is 0 Å². The van der Waals surface area contributed by atoms with Gasteiger partial charge in [0.2, 0.25) is 17.6 Å². The van der Waals surface area contributed by atoms with Crippen molar-refractivity contribution in [3.05, 3.63) is 57.2 Å². The molecule has 0 unspecified atom stereocenters. The maximum atomic E-state index is 12.5. The van der Waals surface area contributed by atoms with Gasteiger partial charge in [0.1, 0.15) is 0 Å². The first kappa shape index (κ1) is 20.2. The first-order chi connectivity index (χ1) is 13.1. The fraction of sp³-hybridized carbons (Fsp3) is 0.278. The van der Waals surface area contributed by atoms with E-state index in [0.717, 1.165) is 10.4 Å². The van der Waals surface area contributed by atoms with Crippen LogP contribution in [-0.2, 0) is 17.1 Å². The molecule has 1 amide bonds. The van der Waals surface area contributed by atoms with Gasteiger partial charge in [0.25, 0.3) is 0 Å². The summed E-state index contributed by atoms with van der Waals surface area (Å²) in [5.74, 6) is 1.87. The van der Waals surface area contributed by atoms with E-state index >= 15 is 0 Å². The van der Waals surface area contributed by atoms with Crippen molar-refractivity contribution >= 4 is 52.2 Å². The van der Waals surface area contributed by atoms with Crippen molar-refractivity contribution in [3.63, 3.8) is 0 Å². The van der Waals surface area contributed by atoms with Gasteiger partial charge >= 0.3 is 0 Å². The Balaban J connectivity index is 1.55. The molecule has 2 aromatic heterocycles. The summed E-state index contributed by atoms with van der Waals surface area (Å²) in [6, 6.07) is 9.26. The summed E-state index contributed by atoms with van der Waals surface area (Å²) in [4.78, 5) is 19.5. The van der Waals surface area contributed by atoms with Crippen LogP contribution in [0.5, 0.6) is 0 Å². The minimum Gasteiger partial charge on any atom is -0.337 e. The molecule has 0 saturated carbocycles. The number of thiophene rings is 1. The highest BCUT2D eigenvalue weighted by atomic mass is 35.5. The van der Waals surface area contributed by atoms with E-state index in [1.54, 1.807) is 34.4 Å². The quantitative estimate of drug-likeness (QED) is 0.468. The number of hydrogen-bond acceptors (Lipinski definition) is 6. The molecule has 9 heteroatoms. The van der Waals surface area contributed by atoms with Crippen molar-refractivity contribution < 1.29 is 9.32 Å². The van der Waals surface area contributed by atoms with E-state index in [1.807, 2.05) is 24.4 Å². The Hall–Kier alpha value is -1.54. The SMILES string of the molecule is CCN(Cc1nc(-c2cccs2)no1)C(=O)CSCc1c(Cl)cccc1Cl. The number of carbonyl (C=O) groups excluding carboxylic acids is 1. The van der Waals surface area contributed by atoms with Crippen LogP contribution in [-0.4, -0.2) is 33.2 Å². The number of nitrogens with zero attached hydrogens (tertiary/aromatic N) is 3. The predicted molar refractivity (Wildman–Crippen MR) is 111 cm³/mol. The molecule has 142 valence electrons. The van der Waals surface area contributed by atoms with Crippen LogP contribution in [0.1, 0.15) is 18.4 Å². The van der Waals surface area contributed by atoms with E-state index in [0.29, 0.717) is 46.4 Å². The number of carbonyl (C=O) groups is 1. The Labute approximate surface area is 175 Å². The number of aromatic nitrogens is 2. The second-order valence-electron chi connectivity index (χ2n) is 5.59. The minimum absolute atomic E-state index is 0.00143. The monoisotopic (exact) mass is 441 g/mol. The Morgan fingerprint density at radius 2 is 2.04 bits per heavy atom. The van der Waals surface area contributed by atoms with E-state index in [9.17, 15) is 4.79 Å². The molecule has 0 fully saturated rings. The zero-order chi connectivity index (χ0) is 19.2. The van der Waals surface area contributed by atoms with Crippen LogP contribution < -0.4 is 0 Å². The van der Waals surface area contributed by atoms with Gasteiger partial charge in [0.05, 0.1) is 17.2 Å². The molecule has 2 heterocycles. The zero-order valence-electron chi connectivity index (χ0n) is 14.5. The molecule has 1 aromatic carbocycles. The van der Waals surface area contributed by atoms with Crippen molar-refractivity contribution in [2.75, 3.05) is 12.3 Å². The smallest absolute Gasteiger partial charge is 0.246 e. The van der Waals surface area contributed by atoms with E-state index in [2.05, 4.69) is 10.1 Å². The minimum atomic E-state index is 0.00143. The highest BCUT2D eigenvalue weighted by Gasteiger charge is 2.17. The second kappa shape index (κ2) is 9.59. The molecular formula is C18H17Cl2N3O2S2. The van der Waals surface area contributed by atoms with E-state index in [-0.39, 0.29) is 5.91 Å². The maximum absolute atomic E-state index is 12.5. The maximum Gasteiger partial charge on any atom is 0.246 e. The largest absolute Gasteiger partial charge is 0.337 e. The van der Waals surface area contributed by atoms with Crippen LogP contribution >= 0.6 is 46.3 Å². The first-order valence-electron chi connectivity index (χ1n) is 8.23. The van der Waals surface area contributed by atoms with E-state index < -0.39 is 0 Å². The molecule has 0 aliphatic heterocycles. The number of benzene rings is 1. The molecule has 0 bridgehead atoms. The molecule has 3 rings (SSSR count). The van der Waals surface area contributed by atoms with Gasteiger partial charge in [0.15, 0.2) is 0 Å². The van der Waals surface area contributed by atoms with Gasteiger partial charge < -0.3 is 9.42 Å². The van der Waals surface area contributed by atoms with Crippen LogP contribution in [0, 0.1) is 0 Å². The van der Waals surface area contributed by atoms with Crippen LogP contribution in [0.3, 0.4) is 0 Å². The molecule has 0 atom stereocenters. The lowest BCUT2D eigenvalue weighted by atomic mass is 10.2. The van der Waals surface area contributed by atoms with Gasteiger partial charge in [-0.2, -0.15) is 4.98 Å². The van der Waals surface area contributed by atoms with Crippen molar-refractivity contribution in [2.45, 2.75) is 19.2 Å². The lowest BCUT2D eigenvalue weighted by Crippen LogP contribution is -2.31. The van der Waals surface area contributed by atoms with Crippen LogP contribution in [0.4, 0.5) is 0 Å². The highest BCUT2D eigenvalue weighted by Crippen LogP contribution is 2.28. The molecule has 3 aromatic rings.